The molecular weight excluding hydrogens is 218 g/mol. The molecule has 1 heteroatoms. The van der Waals surface area contributed by atoms with Gasteiger partial charge in [0.1, 0.15) is 0 Å². The first-order chi connectivity index (χ1) is 8.55. The minimum Gasteiger partial charge on any atom is -0.316 e. The summed E-state index contributed by atoms with van der Waals surface area (Å²) in [5, 5.41) is 3.58. The van der Waals surface area contributed by atoms with Crippen LogP contribution >= 0.6 is 0 Å². The third kappa shape index (κ3) is 2.09. The van der Waals surface area contributed by atoms with Gasteiger partial charge < -0.3 is 5.32 Å². The SMILES string of the molecule is CC(C)(C)c1ccc(C2C3CCC2CNC3)cc1. The first-order valence-corrected chi connectivity index (χ1v) is 7.37. The molecule has 0 amide bonds. The van der Waals surface area contributed by atoms with Gasteiger partial charge in [0, 0.05) is 0 Å². The van der Waals surface area contributed by atoms with Crippen LogP contribution in [0.2, 0.25) is 0 Å². The highest BCUT2D eigenvalue weighted by Crippen LogP contribution is 2.45. The third-order valence-electron chi connectivity index (χ3n) is 4.90. The zero-order valence-electron chi connectivity index (χ0n) is 11.9. The van der Waals surface area contributed by atoms with Gasteiger partial charge in [-0.25, -0.2) is 0 Å². The van der Waals surface area contributed by atoms with Gasteiger partial charge in [-0.3, -0.25) is 0 Å². The lowest BCUT2D eigenvalue weighted by Gasteiger charge is -2.31. The Morgan fingerprint density at radius 1 is 0.944 bits per heavy atom. The van der Waals surface area contributed by atoms with E-state index in [4.69, 9.17) is 0 Å². The Morgan fingerprint density at radius 3 is 2.00 bits per heavy atom. The Kier molecular flexibility index (Phi) is 2.97. The van der Waals surface area contributed by atoms with Crippen LogP contribution in [0.25, 0.3) is 0 Å². The molecule has 18 heavy (non-hydrogen) atoms. The lowest BCUT2D eigenvalue weighted by Crippen LogP contribution is -2.36. The van der Waals surface area contributed by atoms with Gasteiger partial charge in [-0.2, -0.15) is 0 Å². The third-order valence-corrected chi connectivity index (χ3v) is 4.90. The van der Waals surface area contributed by atoms with Crippen molar-refractivity contribution in [2.24, 2.45) is 11.8 Å². The first kappa shape index (κ1) is 12.2. The van der Waals surface area contributed by atoms with Crippen molar-refractivity contribution in [3.05, 3.63) is 35.4 Å². The van der Waals surface area contributed by atoms with Gasteiger partial charge in [-0.15, -0.1) is 0 Å². The van der Waals surface area contributed by atoms with Gasteiger partial charge in [-0.1, -0.05) is 45.0 Å². The average molecular weight is 243 g/mol. The molecule has 1 aromatic rings. The summed E-state index contributed by atoms with van der Waals surface area (Å²) in [5.74, 6) is 2.58. The number of benzene rings is 1. The summed E-state index contributed by atoms with van der Waals surface area (Å²) in [6.07, 6.45) is 2.84. The number of fused-ring (bicyclic) bond motifs is 2. The highest BCUT2D eigenvalue weighted by molar-refractivity contribution is 5.31. The molecule has 0 spiro atoms. The Morgan fingerprint density at radius 2 is 1.50 bits per heavy atom. The minimum atomic E-state index is 0.269. The number of rotatable bonds is 1. The smallest absolute Gasteiger partial charge is 0.00144 e. The molecule has 1 aromatic carbocycles. The fourth-order valence-electron chi connectivity index (χ4n) is 3.83. The van der Waals surface area contributed by atoms with E-state index in [9.17, 15) is 0 Å². The van der Waals surface area contributed by atoms with E-state index in [1.807, 2.05) is 0 Å². The van der Waals surface area contributed by atoms with E-state index in [1.165, 1.54) is 31.5 Å². The molecule has 2 atom stereocenters. The molecular formula is C17H25N. The summed E-state index contributed by atoms with van der Waals surface area (Å²) in [6, 6.07) is 9.47. The van der Waals surface area contributed by atoms with E-state index < -0.39 is 0 Å². The van der Waals surface area contributed by atoms with Crippen molar-refractivity contribution >= 4 is 0 Å². The van der Waals surface area contributed by atoms with Crippen molar-refractivity contribution in [2.75, 3.05) is 13.1 Å². The molecule has 3 rings (SSSR count). The van der Waals surface area contributed by atoms with Crippen molar-refractivity contribution in [1.29, 1.82) is 0 Å². The lowest BCUT2D eigenvalue weighted by atomic mass is 9.79. The first-order valence-electron chi connectivity index (χ1n) is 7.37. The molecule has 1 N–H and O–H groups in total. The van der Waals surface area contributed by atoms with Crippen LogP contribution in [-0.2, 0) is 5.41 Å². The zero-order chi connectivity index (χ0) is 12.8. The van der Waals surface area contributed by atoms with Crippen LogP contribution in [0, 0.1) is 11.8 Å². The van der Waals surface area contributed by atoms with Crippen LogP contribution in [0.3, 0.4) is 0 Å². The molecule has 1 aliphatic heterocycles. The molecule has 2 aliphatic rings. The summed E-state index contributed by atoms with van der Waals surface area (Å²) in [6.45, 7) is 9.31. The molecule has 0 radical (unpaired) electrons. The Bertz CT molecular complexity index is 396. The molecule has 1 nitrogen and oxygen atoms in total. The van der Waals surface area contributed by atoms with Crippen LogP contribution in [0.5, 0.6) is 0 Å². The van der Waals surface area contributed by atoms with Gasteiger partial charge in [0.2, 0.25) is 0 Å². The second-order valence-corrected chi connectivity index (χ2v) is 7.15. The Labute approximate surface area is 111 Å². The van der Waals surface area contributed by atoms with Gasteiger partial charge in [0.05, 0.1) is 0 Å². The van der Waals surface area contributed by atoms with Crippen LogP contribution < -0.4 is 5.32 Å². The number of nitrogens with one attached hydrogen (secondary N) is 1. The second-order valence-electron chi connectivity index (χ2n) is 7.15. The molecule has 1 saturated carbocycles. The minimum absolute atomic E-state index is 0.269. The quantitative estimate of drug-likeness (QED) is 0.793. The Hall–Kier alpha value is -0.820. The predicted molar refractivity (Wildman–Crippen MR) is 77.0 cm³/mol. The number of piperidine rings is 1. The van der Waals surface area contributed by atoms with E-state index in [-0.39, 0.29) is 5.41 Å². The second kappa shape index (κ2) is 4.38. The fraction of sp³-hybridized carbons (Fsp3) is 0.647. The monoisotopic (exact) mass is 243 g/mol. The number of hydrogen-bond donors (Lipinski definition) is 1. The largest absolute Gasteiger partial charge is 0.316 e. The normalized spacial score (nSPS) is 31.6. The summed E-state index contributed by atoms with van der Waals surface area (Å²) in [5.41, 5.74) is 3.30. The fourth-order valence-corrected chi connectivity index (χ4v) is 3.83. The summed E-state index contributed by atoms with van der Waals surface area (Å²) < 4.78 is 0. The standard InChI is InChI=1S/C17H25N/c1-17(2,3)15-8-6-12(7-9-15)16-13-4-5-14(16)11-18-10-13/h6-9,13-14,16,18H,4-5,10-11H2,1-3H3. The molecule has 1 heterocycles. The maximum Gasteiger partial charge on any atom is -0.00144 e. The summed E-state index contributed by atoms with van der Waals surface area (Å²) >= 11 is 0. The van der Waals surface area contributed by atoms with Crippen molar-refractivity contribution in [2.45, 2.75) is 44.9 Å². The molecule has 2 bridgehead atoms. The van der Waals surface area contributed by atoms with E-state index in [1.54, 1.807) is 5.56 Å². The van der Waals surface area contributed by atoms with Crippen molar-refractivity contribution < 1.29 is 0 Å². The summed E-state index contributed by atoms with van der Waals surface area (Å²) in [4.78, 5) is 0. The van der Waals surface area contributed by atoms with Gasteiger partial charge in [0.25, 0.3) is 0 Å². The maximum absolute atomic E-state index is 3.58. The van der Waals surface area contributed by atoms with Crippen molar-refractivity contribution in [3.8, 4) is 0 Å². The molecule has 0 aromatic heterocycles. The number of hydrogen-bond acceptors (Lipinski definition) is 1. The average Bonchev–Trinajstić information content (AvgIpc) is 2.58. The molecule has 1 saturated heterocycles. The van der Waals surface area contributed by atoms with Crippen molar-refractivity contribution in [1.82, 2.24) is 5.32 Å². The lowest BCUT2D eigenvalue weighted by molar-refractivity contribution is 0.322. The molecule has 1 aliphatic carbocycles. The van der Waals surface area contributed by atoms with E-state index in [0.717, 1.165) is 17.8 Å². The summed E-state index contributed by atoms with van der Waals surface area (Å²) in [7, 11) is 0. The van der Waals surface area contributed by atoms with Gasteiger partial charge in [0.15, 0.2) is 0 Å². The van der Waals surface area contributed by atoms with Crippen LogP contribution in [-0.4, -0.2) is 13.1 Å². The van der Waals surface area contributed by atoms with Crippen LogP contribution in [0.1, 0.15) is 50.7 Å². The van der Waals surface area contributed by atoms with E-state index in [2.05, 4.69) is 50.4 Å². The maximum atomic E-state index is 3.58. The Balaban J connectivity index is 1.85. The van der Waals surface area contributed by atoms with Gasteiger partial charge >= 0.3 is 0 Å². The molecule has 2 fully saturated rings. The highest BCUT2D eigenvalue weighted by atomic mass is 14.9. The topological polar surface area (TPSA) is 12.0 Å². The van der Waals surface area contributed by atoms with Crippen LogP contribution in [0.15, 0.2) is 24.3 Å². The van der Waals surface area contributed by atoms with E-state index >= 15 is 0 Å². The molecule has 98 valence electrons. The predicted octanol–water partition coefficient (Wildman–Crippen LogP) is 3.70. The van der Waals surface area contributed by atoms with Crippen molar-refractivity contribution in [3.63, 3.8) is 0 Å². The molecule has 2 unspecified atom stereocenters. The van der Waals surface area contributed by atoms with E-state index in [0.29, 0.717) is 0 Å². The zero-order valence-corrected chi connectivity index (χ0v) is 11.9. The van der Waals surface area contributed by atoms with Crippen LogP contribution in [0.4, 0.5) is 0 Å². The highest BCUT2D eigenvalue weighted by Gasteiger charge is 2.39. The van der Waals surface area contributed by atoms with Gasteiger partial charge in [-0.05, 0) is 60.2 Å².